The van der Waals surface area contributed by atoms with Crippen molar-refractivity contribution in [3.63, 3.8) is 0 Å². The highest BCUT2D eigenvalue weighted by Crippen LogP contribution is 2.34. The number of aromatic nitrogens is 1. The number of carbonyl (C=O) groups is 1. The third kappa shape index (κ3) is 1.66. The molecule has 2 rings (SSSR count). The van der Waals surface area contributed by atoms with Crippen LogP contribution in [0.4, 0.5) is 0 Å². The lowest BCUT2D eigenvalue weighted by atomic mass is 10.2. The second-order valence-electron chi connectivity index (χ2n) is 3.18. The molecule has 0 radical (unpaired) electrons. The van der Waals surface area contributed by atoms with Crippen LogP contribution < -0.4 is 4.74 Å². The molecule has 4 heteroatoms. The number of carbonyl (C=O) groups excluding carboxylic acids is 1. The van der Waals surface area contributed by atoms with E-state index in [1.165, 1.54) is 0 Å². The highest BCUT2D eigenvalue weighted by molar-refractivity contribution is 5.91. The first-order valence-corrected chi connectivity index (χ1v) is 4.72. The number of benzene rings is 1. The molecule has 78 valence electrons. The molecule has 4 nitrogen and oxygen atoms in total. The average Bonchev–Trinajstić information content (AvgIpc) is 2.55. The highest BCUT2D eigenvalue weighted by atomic mass is 16.5. The Morgan fingerprint density at radius 3 is 2.93 bits per heavy atom. The van der Waals surface area contributed by atoms with Gasteiger partial charge in [-0.3, -0.25) is 4.79 Å². The van der Waals surface area contributed by atoms with E-state index in [0.29, 0.717) is 5.39 Å². The van der Waals surface area contributed by atoms with E-state index in [9.17, 15) is 9.90 Å². The fourth-order valence-corrected chi connectivity index (χ4v) is 1.39. The molecule has 0 amide bonds. The Morgan fingerprint density at radius 2 is 2.20 bits per heavy atom. The van der Waals surface area contributed by atoms with Gasteiger partial charge in [0, 0.05) is 11.8 Å². The molecule has 0 unspecified atom stereocenters. The molecule has 0 fully saturated rings. The van der Waals surface area contributed by atoms with Gasteiger partial charge in [0.25, 0.3) is 0 Å². The van der Waals surface area contributed by atoms with Crippen molar-refractivity contribution in [1.82, 2.24) is 4.98 Å². The lowest BCUT2D eigenvalue weighted by Crippen LogP contribution is -2.05. The number of ether oxygens (including phenoxy) is 1. The van der Waals surface area contributed by atoms with Gasteiger partial charge in [-0.1, -0.05) is 19.1 Å². The first kappa shape index (κ1) is 9.58. The van der Waals surface area contributed by atoms with Gasteiger partial charge in [0.2, 0.25) is 5.88 Å². The van der Waals surface area contributed by atoms with Crippen LogP contribution in [0.1, 0.15) is 13.3 Å². The number of rotatable bonds is 2. The van der Waals surface area contributed by atoms with Gasteiger partial charge in [-0.2, -0.15) is 0 Å². The van der Waals surface area contributed by atoms with Crippen LogP contribution in [-0.2, 0) is 4.79 Å². The monoisotopic (exact) mass is 205 g/mol. The summed E-state index contributed by atoms with van der Waals surface area (Å²) in [5.41, 5.74) is 0.744. The predicted octanol–water partition coefficient (Wildman–Crippen LogP) is 2.19. The minimum absolute atomic E-state index is 0.113. The van der Waals surface area contributed by atoms with Gasteiger partial charge >= 0.3 is 5.97 Å². The average molecular weight is 205 g/mol. The van der Waals surface area contributed by atoms with Gasteiger partial charge in [0.15, 0.2) is 5.75 Å². The number of aromatic hydroxyl groups is 1. The fourth-order valence-electron chi connectivity index (χ4n) is 1.39. The number of H-pyrrole nitrogens is 1. The second-order valence-corrected chi connectivity index (χ2v) is 3.18. The zero-order valence-corrected chi connectivity index (χ0v) is 8.28. The molecule has 2 aromatic rings. The maximum atomic E-state index is 11.1. The van der Waals surface area contributed by atoms with E-state index in [2.05, 4.69) is 4.98 Å². The highest BCUT2D eigenvalue weighted by Gasteiger charge is 2.14. The molecule has 0 aliphatic heterocycles. The Labute approximate surface area is 86.5 Å². The minimum atomic E-state index is -0.366. The number of fused-ring (bicyclic) bond motifs is 1. The smallest absolute Gasteiger partial charge is 0.311 e. The molecule has 0 aliphatic carbocycles. The lowest BCUT2D eigenvalue weighted by Gasteiger charge is -2.00. The third-order valence-electron chi connectivity index (χ3n) is 2.14. The van der Waals surface area contributed by atoms with Crippen molar-refractivity contribution in [2.24, 2.45) is 0 Å². The number of para-hydroxylation sites is 1. The normalized spacial score (nSPS) is 10.5. The van der Waals surface area contributed by atoms with E-state index in [4.69, 9.17) is 4.74 Å². The number of hydrogen-bond donors (Lipinski definition) is 2. The minimum Gasteiger partial charge on any atom is -0.492 e. The molecule has 0 saturated carbocycles. The topological polar surface area (TPSA) is 62.3 Å². The van der Waals surface area contributed by atoms with Crippen molar-refractivity contribution in [3.05, 3.63) is 24.3 Å². The molecule has 0 spiro atoms. The maximum Gasteiger partial charge on any atom is 0.311 e. The molecule has 1 aromatic heterocycles. The Balaban J connectivity index is 2.49. The fraction of sp³-hybridized carbons (Fsp3) is 0.182. The van der Waals surface area contributed by atoms with Crippen LogP contribution in [0.5, 0.6) is 11.6 Å². The quantitative estimate of drug-likeness (QED) is 0.738. The van der Waals surface area contributed by atoms with Crippen LogP contribution in [0.3, 0.4) is 0 Å². The van der Waals surface area contributed by atoms with Gasteiger partial charge < -0.3 is 14.8 Å². The summed E-state index contributed by atoms with van der Waals surface area (Å²) in [5, 5.41) is 10.3. The standard InChI is InChI=1S/C11H11NO3/c1-2-9(13)15-10-7-5-3-4-6-8(7)12-11(10)14/h3-6,12,14H,2H2,1H3. The summed E-state index contributed by atoms with van der Waals surface area (Å²) in [5.74, 6) is -0.273. The number of nitrogens with one attached hydrogen (secondary N) is 1. The summed E-state index contributed by atoms with van der Waals surface area (Å²) >= 11 is 0. The summed E-state index contributed by atoms with van der Waals surface area (Å²) < 4.78 is 5.03. The largest absolute Gasteiger partial charge is 0.492 e. The van der Waals surface area contributed by atoms with Crippen molar-refractivity contribution >= 4 is 16.9 Å². The SMILES string of the molecule is CCC(=O)Oc1c(O)[nH]c2ccccc12. The summed E-state index contributed by atoms with van der Waals surface area (Å²) in [6.07, 6.45) is 0.277. The van der Waals surface area contributed by atoms with Gasteiger partial charge in [-0.15, -0.1) is 0 Å². The van der Waals surface area contributed by atoms with E-state index in [1.54, 1.807) is 19.1 Å². The molecule has 1 heterocycles. The van der Waals surface area contributed by atoms with Crippen molar-refractivity contribution in [1.29, 1.82) is 0 Å². The van der Waals surface area contributed by atoms with Crippen molar-refractivity contribution in [2.75, 3.05) is 0 Å². The van der Waals surface area contributed by atoms with Crippen molar-refractivity contribution in [2.45, 2.75) is 13.3 Å². The van der Waals surface area contributed by atoms with Crippen molar-refractivity contribution in [3.8, 4) is 11.6 Å². The summed E-state index contributed by atoms with van der Waals surface area (Å²) in [6, 6.07) is 7.24. The van der Waals surface area contributed by atoms with E-state index < -0.39 is 0 Å². The van der Waals surface area contributed by atoms with Gasteiger partial charge in [0.1, 0.15) is 0 Å². The van der Waals surface area contributed by atoms with E-state index in [0.717, 1.165) is 5.52 Å². The van der Waals surface area contributed by atoms with Crippen LogP contribution in [-0.4, -0.2) is 16.1 Å². The molecule has 0 bridgehead atoms. The Hall–Kier alpha value is -1.97. The molecule has 0 aliphatic rings. The first-order valence-electron chi connectivity index (χ1n) is 4.72. The number of hydrogen-bond acceptors (Lipinski definition) is 3. The predicted molar refractivity (Wildman–Crippen MR) is 55.9 cm³/mol. The van der Waals surface area contributed by atoms with Crippen LogP contribution >= 0.6 is 0 Å². The van der Waals surface area contributed by atoms with Crippen LogP contribution in [0.15, 0.2) is 24.3 Å². The summed E-state index contributed by atoms with van der Waals surface area (Å²) in [7, 11) is 0. The van der Waals surface area contributed by atoms with E-state index in [1.807, 2.05) is 12.1 Å². The Morgan fingerprint density at radius 1 is 1.47 bits per heavy atom. The molecule has 1 aromatic carbocycles. The summed E-state index contributed by atoms with van der Waals surface area (Å²) in [4.78, 5) is 13.9. The number of esters is 1. The van der Waals surface area contributed by atoms with Gasteiger partial charge in [-0.05, 0) is 12.1 Å². The second kappa shape index (κ2) is 3.65. The van der Waals surface area contributed by atoms with Crippen LogP contribution in [0.25, 0.3) is 10.9 Å². The van der Waals surface area contributed by atoms with Crippen LogP contribution in [0.2, 0.25) is 0 Å². The lowest BCUT2D eigenvalue weighted by molar-refractivity contribution is -0.134. The molecule has 2 N–H and O–H groups in total. The zero-order valence-electron chi connectivity index (χ0n) is 8.28. The Bertz CT molecular complexity index is 502. The molecule has 0 atom stereocenters. The molecule has 0 saturated heterocycles. The van der Waals surface area contributed by atoms with Gasteiger partial charge in [-0.25, -0.2) is 0 Å². The van der Waals surface area contributed by atoms with E-state index in [-0.39, 0.29) is 24.0 Å². The Kier molecular flexibility index (Phi) is 2.33. The van der Waals surface area contributed by atoms with Gasteiger partial charge in [0.05, 0.1) is 5.52 Å². The first-order chi connectivity index (χ1) is 7.22. The molecule has 15 heavy (non-hydrogen) atoms. The van der Waals surface area contributed by atoms with E-state index >= 15 is 0 Å². The summed E-state index contributed by atoms with van der Waals surface area (Å²) in [6.45, 7) is 1.70. The van der Waals surface area contributed by atoms with Crippen LogP contribution in [0, 0.1) is 0 Å². The zero-order chi connectivity index (χ0) is 10.8. The maximum absolute atomic E-state index is 11.1. The third-order valence-corrected chi connectivity index (χ3v) is 2.14. The number of aromatic amines is 1. The molecular weight excluding hydrogens is 194 g/mol. The molecular formula is C11H11NO3. The van der Waals surface area contributed by atoms with Crippen molar-refractivity contribution < 1.29 is 14.6 Å².